The van der Waals surface area contributed by atoms with Gasteiger partial charge in [0.15, 0.2) is 0 Å². The van der Waals surface area contributed by atoms with E-state index in [1.807, 2.05) is 60.4 Å². The predicted molar refractivity (Wildman–Crippen MR) is 113 cm³/mol. The quantitative estimate of drug-likeness (QED) is 0.501. The molecule has 152 valence electrons. The van der Waals surface area contributed by atoms with Crippen LogP contribution in [0.4, 0.5) is 0 Å². The summed E-state index contributed by atoms with van der Waals surface area (Å²) in [7, 11) is 0. The van der Waals surface area contributed by atoms with Crippen molar-refractivity contribution in [1.82, 2.24) is 25.0 Å². The smallest absolute Gasteiger partial charge is 0.253 e. The Balaban J connectivity index is 1.25. The summed E-state index contributed by atoms with van der Waals surface area (Å²) in [6, 6.07) is 15.4. The fraction of sp³-hybridized carbons (Fsp3) is 0.304. The molecule has 1 aliphatic carbocycles. The third kappa shape index (κ3) is 3.70. The minimum atomic E-state index is 0.00643. The van der Waals surface area contributed by atoms with E-state index in [9.17, 15) is 4.79 Å². The van der Waals surface area contributed by atoms with Crippen molar-refractivity contribution in [2.45, 2.75) is 32.1 Å². The second-order valence-electron chi connectivity index (χ2n) is 7.64. The number of benzene rings is 2. The van der Waals surface area contributed by atoms with E-state index >= 15 is 0 Å². The Morgan fingerprint density at radius 2 is 1.93 bits per heavy atom. The highest BCUT2D eigenvalue weighted by Crippen LogP contribution is 2.39. The van der Waals surface area contributed by atoms with E-state index in [1.165, 1.54) is 0 Å². The van der Waals surface area contributed by atoms with E-state index in [1.54, 1.807) is 0 Å². The van der Waals surface area contributed by atoms with Gasteiger partial charge in [-0.15, -0.1) is 0 Å². The van der Waals surface area contributed by atoms with E-state index in [4.69, 9.17) is 4.52 Å². The van der Waals surface area contributed by atoms with Gasteiger partial charge in [-0.1, -0.05) is 29.4 Å². The molecule has 30 heavy (non-hydrogen) atoms. The van der Waals surface area contributed by atoms with Gasteiger partial charge in [0.2, 0.25) is 11.7 Å². The number of likely N-dealkylation sites (N-methyl/N-ethyl adjacent to an activating group) is 1. The maximum atomic E-state index is 13.0. The van der Waals surface area contributed by atoms with E-state index < -0.39 is 0 Å². The largest absolute Gasteiger partial charge is 0.342 e. The van der Waals surface area contributed by atoms with Gasteiger partial charge < -0.3 is 14.4 Å². The van der Waals surface area contributed by atoms with Crippen LogP contribution in [0.5, 0.6) is 0 Å². The third-order valence-corrected chi connectivity index (χ3v) is 5.48. The maximum absolute atomic E-state index is 13.0. The summed E-state index contributed by atoms with van der Waals surface area (Å²) in [5.74, 6) is 2.62. The summed E-state index contributed by atoms with van der Waals surface area (Å²) in [5.41, 5.74) is 3.47. The van der Waals surface area contributed by atoms with Gasteiger partial charge in [0.05, 0.1) is 11.0 Å². The number of H-pyrrole nitrogens is 1. The van der Waals surface area contributed by atoms with Crippen molar-refractivity contribution < 1.29 is 9.32 Å². The zero-order chi connectivity index (χ0) is 20.5. The molecule has 2 heterocycles. The first-order valence-corrected chi connectivity index (χ1v) is 10.4. The first kappa shape index (κ1) is 18.5. The number of hydrogen-bond acceptors (Lipinski definition) is 5. The van der Waals surface area contributed by atoms with Crippen molar-refractivity contribution in [2.75, 3.05) is 13.1 Å². The number of imidazole rings is 1. The second-order valence-corrected chi connectivity index (χ2v) is 7.64. The summed E-state index contributed by atoms with van der Waals surface area (Å²) in [5, 5.41) is 4.06. The van der Waals surface area contributed by atoms with Crippen molar-refractivity contribution in [3.63, 3.8) is 0 Å². The van der Waals surface area contributed by atoms with E-state index in [2.05, 4.69) is 20.1 Å². The number of amides is 1. The zero-order valence-corrected chi connectivity index (χ0v) is 16.8. The monoisotopic (exact) mass is 401 g/mol. The highest BCUT2D eigenvalue weighted by Gasteiger charge is 2.29. The van der Waals surface area contributed by atoms with Crippen LogP contribution in [0.25, 0.3) is 22.4 Å². The predicted octanol–water partition coefficient (Wildman–Crippen LogP) is 4.20. The molecule has 4 aromatic rings. The summed E-state index contributed by atoms with van der Waals surface area (Å²) in [4.78, 5) is 27.2. The Morgan fingerprint density at radius 1 is 1.13 bits per heavy atom. The highest BCUT2D eigenvalue weighted by atomic mass is 16.5. The number of carbonyl (C=O) groups excluding carboxylic acids is 1. The molecular formula is C23H23N5O2. The molecule has 0 atom stereocenters. The number of nitrogens with zero attached hydrogens (tertiary/aromatic N) is 4. The topological polar surface area (TPSA) is 87.9 Å². The van der Waals surface area contributed by atoms with Crippen LogP contribution in [0, 0.1) is 0 Å². The van der Waals surface area contributed by atoms with Crippen LogP contribution in [0.2, 0.25) is 0 Å². The molecular weight excluding hydrogens is 378 g/mol. The minimum absolute atomic E-state index is 0.00643. The average Bonchev–Trinajstić information content (AvgIpc) is 3.36. The molecule has 0 spiro atoms. The molecule has 2 aromatic heterocycles. The Labute approximate surface area is 174 Å². The Hall–Kier alpha value is -3.48. The molecule has 0 radical (unpaired) electrons. The lowest BCUT2D eigenvalue weighted by Gasteiger charge is -2.20. The molecule has 7 nitrogen and oxygen atoms in total. The summed E-state index contributed by atoms with van der Waals surface area (Å²) in [6.07, 6.45) is 2.92. The second kappa shape index (κ2) is 7.74. The first-order chi connectivity index (χ1) is 14.7. The number of aromatic nitrogens is 4. The Morgan fingerprint density at radius 3 is 2.67 bits per heavy atom. The number of para-hydroxylation sites is 2. The molecule has 0 aliphatic heterocycles. The number of rotatable bonds is 7. The standard InChI is InChI=1S/C23H23N5O2/c1-2-28(14-13-20-24-18-5-3-4-6-19(18)25-20)23(29)17-11-7-15(8-12-17)21-26-22(30-27-21)16-9-10-16/h3-8,11-12,16H,2,9-10,13-14H2,1H3,(H,24,25). The molecule has 5 rings (SSSR count). The molecule has 0 saturated heterocycles. The lowest BCUT2D eigenvalue weighted by atomic mass is 10.1. The molecule has 1 saturated carbocycles. The number of carbonyl (C=O) groups is 1. The first-order valence-electron chi connectivity index (χ1n) is 10.4. The van der Waals surface area contributed by atoms with Gasteiger partial charge in [-0.05, 0) is 44.0 Å². The number of fused-ring (bicyclic) bond motifs is 1. The molecule has 0 unspecified atom stereocenters. The lowest BCUT2D eigenvalue weighted by Crippen LogP contribution is -2.32. The zero-order valence-electron chi connectivity index (χ0n) is 16.8. The maximum Gasteiger partial charge on any atom is 0.253 e. The average molecular weight is 401 g/mol. The van der Waals surface area contributed by atoms with Crippen molar-refractivity contribution in [2.24, 2.45) is 0 Å². The summed E-state index contributed by atoms with van der Waals surface area (Å²) >= 11 is 0. The SMILES string of the molecule is CCN(CCc1nc2ccccc2[nH]1)C(=O)c1ccc(-c2noc(C3CC3)n2)cc1. The van der Waals surface area contributed by atoms with E-state index in [0.717, 1.165) is 35.3 Å². The highest BCUT2D eigenvalue weighted by molar-refractivity contribution is 5.94. The molecule has 1 fully saturated rings. The van der Waals surface area contributed by atoms with Gasteiger partial charge in [-0.3, -0.25) is 4.79 Å². The van der Waals surface area contributed by atoms with Gasteiger partial charge in [0.25, 0.3) is 5.91 Å². The van der Waals surface area contributed by atoms with Gasteiger partial charge in [-0.2, -0.15) is 4.98 Å². The van der Waals surface area contributed by atoms with Gasteiger partial charge in [-0.25, -0.2) is 4.98 Å². The number of nitrogens with one attached hydrogen (secondary N) is 1. The van der Waals surface area contributed by atoms with Crippen LogP contribution in [-0.2, 0) is 6.42 Å². The minimum Gasteiger partial charge on any atom is -0.342 e. The molecule has 2 aromatic carbocycles. The fourth-order valence-corrected chi connectivity index (χ4v) is 3.56. The van der Waals surface area contributed by atoms with Crippen LogP contribution < -0.4 is 0 Å². The number of aromatic amines is 1. The van der Waals surface area contributed by atoms with Crippen molar-refractivity contribution in [3.8, 4) is 11.4 Å². The molecule has 1 N–H and O–H groups in total. The van der Waals surface area contributed by atoms with Crippen LogP contribution in [0.1, 0.15) is 47.8 Å². The summed E-state index contributed by atoms with van der Waals surface area (Å²) < 4.78 is 5.33. The summed E-state index contributed by atoms with van der Waals surface area (Å²) in [6.45, 7) is 3.23. The van der Waals surface area contributed by atoms with Crippen LogP contribution in [-0.4, -0.2) is 44.0 Å². The van der Waals surface area contributed by atoms with Crippen molar-refractivity contribution >= 4 is 16.9 Å². The van der Waals surface area contributed by atoms with Crippen LogP contribution >= 0.6 is 0 Å². The number of hydrogen-bond donors (Lipinski definition) is 1. The molecule has 1 aliphatic rings. The van der Waals surface area contributed by atoms with Crippen LogP contribution in [0.3, 0.4) is 0 Å². The van der Waals surface area contributed by atoms with Crippen molar-refractivity contribution in [1.29, 1.82) is 0 Å². The van der Waals surface area contributed by atoms with Gasteiger partial charge in [0, 0.05) is 36.6 Å². The van der Waals surface area contributed by atoms with E-state index in [-0.39, 0.29) is 5.91 Å². The molecule has 7 heteroatoms. The van der Waals surface area contributed by atoms with Crippen LogP contribution in [0.15, 0.2) is 53.1 Å². The Bertz CT molecular complexity index is 1140. The van der Waals surface area contributed by atoms with Crippen molar-refractivity contribution in [3.05, 3.63) is 65.8 Å². The molecule has 1 amide bonds. The normalized spacial score (nSPS) is 13.6. The van der Waals surface area contributed by atoms with Gasteiger partial charge >= 0.3 is 0 Å². The van der Waals surface area contributed by atoms with Gasteiger partial charge in [0.1, 0.15) is 5.82 Å². The lowest BCUT2D eigenvalue weighted by molar-refractivity contribution is 0.0765. The van der Waals surface area contributed by atoms with E-state index in [0.29, 0.717) is 42.7 Å². The third-order valence-electron chi connectivity index (χ3n) is 5.48. The Kier molecular flexibility index (Phi) is 4.78. The molecule has 0 bridgehead atoms. The fourth-order valence-electron chi connectivity index (χ4n) is 3.56.